The summed E-state index contributed by atoms with van der Waals surface area (Å²) in [4.78, 5) is 49.9. The van der Waals surface area contributed by atoms with Gasteiger partial charge in [-0.3, -0.25) is 19.2 Å². The fraction of sp³-hybridized carbons (Fsp3) is 0.704. The number of allylic oxidation sites excluding steroid dienone is 2. The predicted molar refractivity (Wildman–Crippen MR) is 122 cm³/mol. The smallest absolute Gasteiger partial charge is 0.306 e. The molecule has 4 aliphatic carbocycles. The minimum atomic E-state index is -1.46. The third-order valence-electron chi connectivity index (χ3n) is 9.64. The van der Waals surface area contributed by atoms with Crippen LogP contribution in [-0.4, -0.2) is 53.6 Å². The number of fused-ring (bicyclic) bond motifs is 3. The highest BCUT2D eigenvalue weighted by atomic mass is 19.1. The monoisotopic (exact) mass is 488 g/mol. The van der Waals surface area contributed by atoms with Crippen LogP contribution in [0.15, 0.2) is 23.8 Å². The standard InChI is InChI=1S/C27H33FO7/c1-5-6-23(32)35-26(21(31)14-33-15(2)29)10-8-17-18-12-20(28)19-11-16(30)7-9-24(19,3)27(18)22(34-27)13-25(17,26)4/h7,9,11,17-18,20,22H,5-6,8,10,12-14H2,1-4H3/t17-,18-,20-,22-,24-,25-,26-,27+/m0/s1. The molecule has 8 heteroatoms. The van der Waals surface area contributed by atoms with Gasteiger partial charge in [0, 0.05) is 24.2 Å². The van der Waals surface area contributed by atoms with Gasteiger partial charge < -0.3 is 14.2 Å². The fourth-order valence-corrected chi connectivity index (χ4v) is 8.04. The zero-order valence-electron chi connectivity index (χ0n) is 20.7. The Morgan fingerprint density at radius 2 is 1.97 bits per heavy atom. The molecule has 0 aromatic rings. The molecule has 0 bridgehead atoms. The van der Waals surface area contributed by atoms with E-state index >= 15 is 4.39 Å². The Bertz CT molecular complexity index is 1060. The van der Waals surface area contributed by atoms with Crippen LogP contribution in [-0.2, 0) is 33.4 Å². The number of carbonyl (C=O) groups excluding carboxylic acids is 4. The number of halogens is 1. The minimum Gasteiger partial charge on any atom is -0.458 e. The first-order chi connectivity index (χ1) is 16.4. The lowest BCUT2D eigenvalue weighted by Crippen LogP contribution is -2.63. The summed E-state index contributed by atoms with van der Waals surface area (Å²) in [5.74, 6) is -2.05. The van der Waals surface area contributed by atoms with E-state index < -0.39 is 52.5 Å². The molecule has 0 radical (unpaired) electrons. The second-order valence-corrected chi connectivity index (χ2v) is 11.3. The van der Waals surface area contributed by atoms with Gasteiger partial charge in [-0.2, -0.15) is 0 Å². The molecule has 3 saturated carbocycles. The normalized spacial score (nSPS) is 44.8. The number of alkyl halides is 1. The summed E-state index contributed by atoms with van der Waals surface area (Å²) in [7, 11) is 0. The maximum absolute atomic E-state index is 15.6. The summed E-state index contributed by atoms with van der Waals surface area (Å²) >= 11 is 0. The highest BCUT2D eigenvalue weighted by Crippen LogP contribution is 2.76. The third-order valence-corrected chi connectivity index (χ3v) is 9.64. The van der Waals surface area contributed by atoms with Gasteiger partial charge in [0.05, 0.1) is 6.10 Å². The molecule has 1 aliphatic heterocycles. The first kappa shape index (κ1) is 24.3. The lowest BCUT2D eigenvalue weighted by Gasteiger charge is -2.56. The molecule has 7 nitrogen and oxygen atoms in total. The molecule has 1 heterocycles. The summed E-state index contributed by atoms with van der Waals surface area (Å²) in [5.41, 5.74) is -3.18. The van der Waals surface area contributed by atoms with Crippen molar-refractivity contribution in [1.82, 2.24) is 0 Å². The van der Waals surface area contributed by atoms with Crippen molar-refractivity contribution in [2.75, 3.05) is 6.61 Å². The number of epoxide rings is 1. The van der Waals surface area contributed by atoms with Gasteiger partial charge in [-0.15, -0.1) is 0 Å². The Hall–Kier alpha value is -2.35. The Labute approximate surface area is 204 Å². The molecule has 0 aromatic heterocycles. The maximum atomic E-state index is 15.6. The minimum absolute atomic E-state index is 0.139. The Balaban J connectivity index is 1.54. The largest absolute Gasteiger partial charge is 0.458 e. The van der Waals surface area contributed by atoms with E-state index in [0.29, 0.717) is 31.3 Å². The van der Waals surface area contributed by atoms with Gasteiger partial charge in [0.2, 0.25) is 5.78 Å². The molecule has 0 amide bonds. The number of carbonyl (C=O) groups is 4. The van der Waals surface area contributed by atoms with Crippen LogP contribution < -0.4 is 0 Å². The number of hydrogen-bond donors (Lipinski definition) is 0. The lowest BCUT2D eigenvalue weighted by atomic mass is 9.46. The molecular formula is C27H33FO7. The summed E-state index contributed by atoms with van der Waals surface area (Å²) < 4.78 is 33.1. The van der Waals surface area contributed by atoms with Crippen molar-refractivity contribution in [2.45, 2.75) is 89.7 Å². The van der Waals surface area contributed by atoms with Gasteiger partial charge in [-0.05, 0) is 68.6 Å². The van der Waals surface area contributed by atoms with E-state index in [4.69, 9.17) is 14.2 Å². The van der Waals surface area contributed by atoms with Crippen LogP contribution >= 0.6 is 0 Å². The predicted octanol–water partition coefficient (Wildman–Crippen LogP) is 3.59. The molecule has 1 spiro atoms. The van der Waals surface area contributed by atoms with Crippen LogP contribution in [0.4, 0.5) is 4.39 Å². The maximum Gasteiger partial charge on any atom is 0.306 e. The molecule has 190 valence electrons. The SMILES string of the molecule is CCCC(=O)O[C@]1(C(=O)COC(C)=O)CC[C@H]2[C@@H]3C[C@H](F)C4=CC(=O)C=C[C@]4(C)[C@@]34O[C@H]4C[C@@]21C. The van der Waals surface area contributed by atoms with Crippen molar-refractivity contribution < 1.29 is 37.8 Å². The van der Waals surface area contributed by atoms with Crippen LogP contribution in [0.2, 0.25) is 0 Å². The van der Waals surface area contributed by atoms with Crippen LogP contribution in [0.1, 0.15) is 66.2 Å². The van der Waals surface area contributed by atoms with E-state index in [0.717, 1.165) is 0 Å². The van der Waals surface area contributed by atoms with E-state index in [1.54, 1.807) is 6.08 Å². The van der Waals surface area contributed by atoms with Gasteiger partial charge in [-0.25, -0.2) is 4.39 Å². The van der Waals surface area contributed by atoms with E-state index in [1.807, 2.05) is 20.8 Å². The van der Waals surface area contributed by atoms with Crippen molar-refractivity contribution >= 4 is 23.5 Å². The van der Waals surface area contributed by atoms with E-state index in [-0.39, 0.29) is 36.6 Å². The summed E-state index contributed by atoms with van der Waals surface area (Å²) in [6.07, 6.45) is 5.40. The van der Waals surface area contributed by atoms with Crippen molar-refractivity contribution in [3.05, 3.63) is 23.8 Å². The summed E-state index contributed by atoms with van der Waals surface area (Å²) in [6, 6.07) is 0. The van der Waals surface area contributed by atoms with Gasteiger partial charge in [0.1, 0.15) is 11.8 Å². The molecule has 5 aliphatic rings. The van der Waals surface area contributed by atoms with Crippen LogP contribution in [0.25, 0.3) is 0 Å². The third kappa shape index (κ3) is 3.11. The Morgan fingerprint density at radius 1 is 1.23 bits per heavy atom. The molecule has 5 rings (SSSR count). The number of ether oxygens (including phenoxy) is 3. The number of esters is 2. The highest BCUT2D eigenvalue weighted by Gasteiger charge is 2.82. The quantitative estimate of drug-likeness (QED) is 0.416. The lowest BCUT2D eigenvalue weighted by molar-refractivity contribution is -0.189. The number of ketones is 2. The van der Waals surface area contributed by atoms with Crippen molar-refractivity contribution in [3.63, 3.8) is 0 Å². The van der Waals surface area contributed by atoms with E-state index in [2.05, 4.69) is 0 Å². The molecular weight excluding hydrogens is 455 g/mol. The van der Waals surface area contributed by atoms with E-state index in [9.17, 15) is 19.2 Å². The van der Waals surface area contributed by atoms with Crippen LogP contribution in [0.5, 0.6) is 0 Å². The molecule has 4 fully saturated rings. The van der Waals surface area contributed by atoms with Crippen molar-refractivity contribution in [2.24, 2.45) is 22.7 Å². The Morgan fingerprint density at radius 3 is 2.66 bits per heavy atom. The first-order valence-electron chi connectivity index (χ1n) is 12.6. The van der Waals surface area contributed by atoms with Gasteiger partial charge >= 0.3 is 11.9 Å². The molecule has 0 unspecified atom stereocenters. The molecule has 0 N–H and O–H groups in total. The second kappa shape index (κ2) is 7.82. The van der Waals surface area contributed by atoms with E-state index in [1.165, 1.54) is 19.1 Å². The van der Waals surface area contributed by atoms with Crippen molar-refractivity contribution in [1.29, 1.82) is 0 Å². The fourth-order valence-electron chi connectivity index (χ4n) is 8.04. The van der Waals surface area contributed by atoms with Gasteiger partial charge in [0.15, 0.2) is 18.0 Å². The van der Waals surface area contributed by atoms with Crippen molar-refractivity contribution in [3.8, 4) is 0 Å². The zero-order chi connectivity index (χ0) is 25.4. The topological polar surface area (TPSA) is 99.3 Å². The second-order valence-electron chi connectivity index (χ2n) is 11.3. The Kier molecular flexibility index (Phi) is 5.44. The average molecular weight is 489 g/mol. The molecule has 35 heavy (non-hydrogen) atoms. The zero-order valence-corrected chi connectivity index (χ0v) is 20.7. The number of rotatable bonds is 6. The summed E-state index contributed by atoms with van der Waals surface area (Å²) in [6.45, 7) is 6.51. The highest BCUT2D eigenvalue weighted by molar-refractivity contribution is 6.01. The molecule has 0 aromatic carbocycles. The average Bonchev–Trinajstić information content (AvgIpc) is 3.44. The first-order valence-corrected chi connectivity index (χ1v) is 12.6. The molecule has 8 atom stereocenters. The van der Waals surface area contributed by atoms with Crippen LogP contribution in [0.3, 0.4) is 0 Å². The van der Waals surface area contributed by atoms with Gasteiger partial charge in [-0.1, -0.05) is 19.9 Å². The number of Topliss-reactive ketones (excluding diaryl/α,β-unsaturated/α-hetero) is 1. The molecule has 1 saturated heterocycles. The van der Waals surface area contributed by atoms with Crippen LogP contribution in [0, 0.1) is 22.7 Å². The van der Waals surface area contributed by atoms with Gasteiger partial charge in [0.25, 0.3) is 0 Å². The number of hydrogen-bond acceptors (Lipinski definition) is 7. The summed E-state index contributed by atoms with van der Waals surface area (Å²) in [5, 5.41) is 0.